The molecule has 0 aromatic carbocycles. The van der Waals surface area contributed by atoms with Crippen LogP contribution in [-0.2, 0) is 0 Å². The zero-order chi connectivity index (χ0) is 12.3. The number of rotatable bonds is 3. The van der Waals surface area contributed by atoms with Crippen molar-refractivity contribution in [3.05, 3.63) is 6.33 Å². The molecule has 1 fully saturated rings. The van der Waals surface area contributed by atoms with Gasteiger partial charge in [-0.3, -0.25) is 0 Å². The van der Waals surface area contributed by atoms with Gasteiger partial charge >= 0.3 is 0 Å². The van der Waals surface area contributed by atoms with Gasteiger partial charge in [-0.25, -0.2) is 0 Å². The molecular formula is C11H18N4O2. The first kappa shape index (κ1) is 11.9. The number of nitrogen functional groups attached to an aromatic ring is 1. The number of ether oxygens (including phenoxy) is 2. The van der Waals surface area contributed by atoms with Gasteiger partial charge in [0.1, 0.15) is 12.4 Å². The second-order valence-electron chi connectivity index (χ2n) is 4.22. The summed E-state index contributed by atoms with van der Waals surface area (Å²) < 4.78 is 10.8. The summed E-state index contributed by atoms with van der Waals surface area (Å²) in [5, 5.41) is 0. The topological polar surface area (TPSA) is 73.5 Å². The Balaban J connectivity index is 2.03. The fraction of sp³-hybridized carbons (Fsp3) is 0.636. The Bertz CT molecular complexity index is 378. The molecule has 1 aliphatic heterocycles. The third kappa shape index (κ3) is 2.76. The molecule has 1 aromatic rings. The minimum absolute atomic E-state index is 0.174. The molecule has 1 aliphatic rings. The van der Waals surface area contributed by atoms with Crippen molar-refractivity contribution in [1.82, 2.24) is 14.9 Å². The van der Waals surface area contributed by atoms with Crippen LogP contribution in [-0.4, -0.2) is 48.2 Å². The maximum absolute atomic E-state index is 5.85. The number of hydrogen-bond donors (Lipinski definition) is 1. The van der Waals surface area contributed by atoms with Crippen LogP contribution in [0.25, 0.3) is 0 Å². The molecule has 2 heterocycles. The lowest BCUT2D eigenvalue weighted by atomic mass is 10.1. The van der Waals surface area contributed by atoms with Crippen LogP contribution in [0.4, 0.5) is 5.69 Å². The highest BCUT2D eigenvalue weighted by Gasteiger charge is 2.20. The van der Waals surface area contributed by atoms with Crippen molar-refractivity contribution in [2.24, 2.45) is 0 Å². The second-order valence-corrected chi connectivity index (χ2v) is 4.22. The van der Waals surface area contributed by atoms with E-state index in [0.29, 0.717) is 17.4 Å². The minimum atomic E-state index is 0.174. The van der Waals surface area contributed by atoms with Gasteiger partial charge in [-0.2, -0.15) is 9.97 Å². The monoisotopic (exact) mass is 238 g/mol. The molecule has 0 unspecified atom stereocenters. The van der Waals surface area contributed by atoms with Crippen LogP contribution >= 0.6 is 0 Å². The Morgan fingerprint density at radius 1 is 1.29 bits per heavy atom. The van der Waals surface area contributed by atoms with E-state index in [9.17, 15) is 0 Å². The summed E-state index contributed by atoms with van der Waals surface area (Å²) in [6.07, 6.45) is 3.55. The number of nitrogens with zero attached hydrogens (tertiary/aromatic N) is 3. The molecule has 0 atom stereocenters. The molecule has 6 heteroatoms. The van der Waals surface area contributed by atoms with Gasteiger partial charge in [0.05, 0.1) is 7.11 Å². The average molecular weight is 238 g/mol. The summed E-state index contributed by atoms with van der Waals surface area (Å²) in [5.41, 5.74) is 6.22. The number of anilines is 1. The molecule has 94 valence electrons. The van der Waals surface area contributed by atoms with Crippen LogP contribution in [0.2, 0.25) is 0 Å². The van der Waals surface area contributed by atoms with Crippen LogP contribution in [0.3, 0.4) is 0 Å². The summed E-state index contributed by atoms with van der Waals surface area (Å²) in [5.74, 6) is 0.786. The number of aromatic nitrogens is 2. The molecule has 0 aliphatic carbocycles. The lowest BCUT2D eigenvalue weighted by Gasteiger charge is -2.29. The zero-order valence-electron chi connectivity index (χ0n) is 10.2. The van der Waals surface area contributed by atoms with Gasteiger partial charge in [0.2, 0.25) is 11.8 Å². The molecule has 2 N–H and O–H groups in total. The fourth-order valence-corrected chi connectivity index (χ4v) is 1.88. The zero-order valence-corrected chi connectivity index (χ0v) is 10.2. The van der Waals surface area contributed by atoms with Crippen molar-refractivity contribution in [2.45, 2.75) is 18.9 Å². The largest absolute Gasteiger partial charge is 0.479 e. The Labute approximate surface area is 101 Å². The number of nitrogens with two attached hydrogens (primary N) is 1. The van der Waals surface area contributed by atoms with E-state index >= 15 is 0 Å². The quantitative estimate of drug-likeness (QED) is 0.828. The van der Waals surface area contributed by atoms with Crippen molar-refractivity contribution in [1.29, 1.82) is 0 Å². The van der Waals surface area contributed by atoms with Crippen molar-refractivity contribution >= 4 is 5.69 Å². The molecular weight excluding hydrogens is 220 g/mol. The predicted molar refractivity (Wildman–Crippen MR) is 64.1 cm³/mol. The van der Waals surface area contributed by atoms with E-state index in [1.54, 1.807) is 0 Å². The molecule has 6 nitrogen and oxygen atoms in total. The van der Waals surface area contributed by atoms with Gasteiger partial charge in [-0.05, 0) is 19.9 Å². The Hall–Kier alpha value is -1.56. The molecule has 0 amide bonds. The smallest absolute Gasteiger partial charge is 0.244 e. The highest BCUT2D eigenvalue weighted by atomic mass is 16.5. The van der Waals surface area contributed by atoms with Crippen LogP contribution in [0.15, 0.2) is 6.33 Å². The third-order valence-electron chi connectivity index (χ3n) is 2.95. The summed E-state index contributed by atoms with van der Waals surface area (Å²) >= 11 is 0. The SMILES string of the molecule is COc1ncnc(OC2CCN(C)CC2)c1N. The van der Waals surface area contributed by atoms with Crippen LogP contribution < -0.4 is 15.2 Å². The predicted octanol–water partition coefficient (Wildman–Crippen LogP) is 0.540. The van der Waals surface area contributed by atoms with E-state index in [-0.39, 0.29) is 6.10 Å². The maximum Gasteiger partial charge on any atom is 0.244 e. The number of likely N-dealkylation sites (tertiary alicyclic amines) is 1. The summed E-state index contributed by atoms with van der Waals surface area (Å²) in [7, 11) is 3.64. The Morgan fingerprint density at radius 3 is 2.59 bits per heavy atom. The van der Waals surface area contributed by atoms with Gasteiger partial charge in [0.25, 0.3) is 0 Å². The first-order chi connectivity index (χ1) is 8.20. The minimum Gasteiger partial charge on any atom is -0.479 e. The van der Waals surface area contributed by atoms with E-state index < -0.39 is 0 Å². The molecule has 0 saturated carbocycles. The summed E-state index contributed by atoms with van der Waals surface area (Å²) in [6, 6.07) is 0. The van der Waals surface area contributed by atoms with E-state index in [1.165, 1.54) is 13.4 Å². The van der Waals surface area contributed by atoms with E-state index in [4.69, 9.17) is 15.2 Å². The second kappa shape index (κ2) is 5.18. The van der Waals surface area contributed by atoms with Crippen molar-refractivity contribution in [3.8, 4) is 11.8 Å². The van der Waals surface area contributed by atoms with Gasteiger partial charge in [0, 0.05) is 13.1 Å². The Kier molecular flexibility index (Phi) is 3.63. The molecule has 1 aromatic heterocycles. The van der Waals surface area contributed by atoms with Gasteiger partial charge in [-0.15, -0.1) is 0 Å². The van der Waals surface area contributed by atoms with Crippen molar-refractivity contribution in [3.63, 3.8) is 0 Å². The molecule has 0 radical (unpaired) electrons. The first-order valence-corrected chi connectivity index (χ1v) is 5.70. The summed E-state index contributed by atoms with van der Waals surface area (Å²) in [4.78, 5) is 10.2. The van der Waals surface area contributed by atoms with Crippen molar-refractivity contribution < 1.29 is 9.47 Å². The standard InChI is InChI=1S/C11H18N4O2/c1-15-5-3-8(4-6-15)17-11-9(12)10(16-2)13-7-14-11/h7-8H,3-6,12H2,1-2H3. The first-order valence-electron chi connectivity index (χ1n) is 5.70. The van der Waals surface area contributed by atoms with Crippen LogP contribution in [0.5, 0.6) is 11.8 Å². The fourth-order valence-electron chi connectivity index (χ4n) is 1.88. The van der Waals surface area contributed by atoms with Gasteiger partial charge in [0.15, 0.2) is 5.69 Å². The van der Waals surface area contributed by atoms with Gasteiger partial charge in [-0.1, -0.05) is 0 Å². The molecule has 1 saturated heterocycles. The van der Waals surface area contributed by atoms with E-state index in [2.05, 4.69) is 21.9 Å². The lowest BCUT2D eigenvalue weighted by molar-refractivity contribution is 0.110. The molecule has 17 heavy (non-hydrogen) atoms. The average Bonchev–Trinajstić information content (AvgIpc) is 2.35. The molecule has 0 spiro atoms. The number of hydrogen-bond acceptors (Lipinski definition) is 6. The lowest BCUT2D eigenvalue weighted by Crippen LogP contribution is -2.35. The van der Waals surface area contributed by atoms with Gasteiger partial charge < -0.3 is 20.1 Å². The van der Waals surface area contributed by atoms with Crippen LogP contribution in [0.1, 0.15) is 12.8 Å². The normalized spacial score (nSPS) is 18.0. The van der Waals surface area contributed by atoms with E-state index in [1.807, 2.05) is 0 Å². The molecule has 0 bridgehead atoms. The highest BCUT2D eigenvalue weighted by molar-refractivity contribution is 5.55. The third-order valence-corrected chi connectivity index (χ3v) is 2.95. The van der Waals surface area contributed by atoms with E-state index in [0.717, 1.165) is 25.9 Å². The molecule has 2 rings (SSSR count). The number of piperidine rings is 1. The Morgan fingerprint density at radius 2 is 1.94 bits per heavy atom. The van der Waals surface area contributed by atoms with Crippen molar-refractivity contribution in [2.75, 3.05) is 33.0 Å². The summed E-state index contributed by atoms with van der Waals surface area (Å²) in [6.45, 7) is 2.07. The highest BCUT2D eigenvalue weighted by Crippen LogP contribution is 2.28. The number of methoxy groups -OCH3 is 1. The maximum atomic E-state index is 5.85. The van der Waals surface area contributed by atoms with Crippen LogP contribution in [0, 0.1) is 0 Å².